The summed E-state index contributed by atoms with van der Waals surface area (Å²) >= 11 is 2.02. The molecule has 1 saturated heterocycles. The second-order valence-electron chi connectivity index (χ2n) is 4.02. The normalized spacial score (nSPS) is 19.4. The van der Waals surface area contributed by atoms with Crippen LogP contribution in [0.4, 0.5) is 0 Å². The summed E-state index contributed by atoms with van der Waals surface area (Å²) in [6.45, 7) is 8.86. The molecule has 1 amide bonds. The molecule has 1 heterocycles. The third kappa shape index (κ3) is 5.18. The summed E-state index contributed by atoms with van der Waals surface area (Å²) in [5, 5.41) is 6.07. The molecule has 0 spiro atoms. The molecule has 0 aromatic rings. The van der Waals surface area contributed by atoms with Gasteiger partial charge < -0.3 is 15.5 Å². The van der Waals surface area contributed by atoms with Gasteiger partial charge in [-0.05, 0) is 13.8 Å². The molecule has 0 aliphatic carbocycles. The lowest BCUT2D eigenvalue weighted by Gasteiger charge is -2.26. The molecular formula is C11H23N3OS. The fourth-order valence-corrected chi connectivity index (χ4v) is 2.66. The Bertz CT molecular complexity index is 207. The number of rotatable bonds is 6. The molecule has 16 heavy (non-hydrogen) atoms. The number of amides is 1. The second-order valence-corrected chi connectivity index (χ2v) is 5.25. The van der Waals surface area contributed by atoms with Gasteiger partial charge in [0.25, 0.3) is 0 Å². The molecule has 0 aromatic carbocycles. The molecule has 0 aromatic heterocycles. The maximum Gasteiger partial charge on any atom is 0.236 e. The van der Waals surface area contributed by atoms with Gasteiger partial charge in [0, 0.05) is 44.2 Å². The van der Waals surface area contributed by atoms with Gasteiger partial charge in [-0.2, -0.15) is 11.8 Å². The average molecular weight is 245 g/mol. The van der Waals surface area contributed by atoms with E-state index in [1.807, 2.05) is 25.6 Å². The summed E-state index contributed by atoms with van der Waals surface area (Å²) in [5.41, 5.74) is 0. The van der Waals surface area contributed by atoms with Crippen LogP contribution in [-0.4, -0.2) is 61.1 Å². The van der Waals surface area contributed by atoms with E-state index in [-0.39, 0.29) is 11.9 Å². The van der Waals surface area contributed by atoms with Crippen molar-refractivity contribution in [2.45, 2.75) is 19.9 Å². The zero-order valence-corrected chi connectivity index (χ0v) is 11.1. The fraction of sp³-hybridized carbons (Fsp3) is 0.909. The van der Waals surface area contributed by atoms with Crippen LogP contribution in [0.2, 0.25) is 0 Å². The van der Waals surface area contributed by atoms with E-state index in [1.165, 1.54) is 24.6 Å². The van der Waals surface area contributed by atoms with Gasteiger partial charge in [0.05, 0.1) is 6.04 Å². The molecule has 1 atom stereocenters. The van der Waals surface area contributed by atoms with Gasteiger partial charge in [0.2, 0.25) is 5.91 Å². The van der Waals surface area contributed by atoms with Crippen molar-refractivity contribution in [1.82, 2.24) is 15.5 Å². The molecule has 0 bridgehead atoms. The van der Waals surface area contributed by atoms with Gasteiger partial charge in [0.15, 0.2) is 0 Å². The van der Waals surface area contributed by atoms with Crippen LogP contribution in [0, 0.1) is 0 Å². The van der Waals surface area contributed by atoms with Gasteiger partial charge in [-0.15, -0.1) is 0 Å². The van der Waals surface area contributed by atoms with Crippen molar-refractivity contribution in [3.05, 3.63) is 0 Å². The van der Waals surface area contributed by atoms with E-state index in [0.29, 0.717) is 6.54 Å². The Labute approximate surface area is 103 Å². The highest BCUT2D eigenvalue weighted by Gasteiger charge is 2.12. The number of hydrogen-bond acceptors (Lipinski definition) is 4. The molecule has 0 saturated carbocycles. The third-order valence-corrected chi connectivity index (χ3v) is 3.67. The first-order valence-corrected chi connectivity index (χ1v) is 7.20. The molecule has 0 radical (unpaired) electrons. The Kier molecular flexibility index (Phi) is 6.84. The first-order valence-electron chi connectivity index (χ1n) is 6.05. The Morgan fingerprint density at radius 1 is 1.44 bits per heavy atom. The van der Waals surface area contributed by atoms with Crippen LogP contribution in [0.3, 0.4) is 0 Å². The van der Waals surface area contributed by atoms with Crippen molar-refractivity contribution in [2.24, 2.45) is 0 Å². The minimum atomic E-state index is -0.0842. The highest BCUT2D eigenvalue weighted by atomic mass is 32.2. The van der Waals surface area contributed by atoms with Crippen molar-refractivity contribution in [1.29, 1.82) is 0 Å². The van der Waals surface area contributed by atoms with Gasteiger partial charge in [0.1, 0.15) is 0 Å². The van der Waals surface area contributed by atoms with E-state index in [9.17, 15) is 4.79 Å². The maximum absolute atomic E-state index is 11.4. The monoisotopic (exact) mass is 245 g/mol. The van der Waals surface area contributed by atoms with Crippen molar-refractivity contribution < 1.29 is 4.79 Å². The standard InChI is InChI=1S/C11H23N3OS/c1-3-12-11(15)10(2)13-4-5-14-6-8-16-9-7-14/h10,13H,3-9H2,1-2H3,(H,12,15). The molecule has 2 N–H and O–H groups in total. The quantitative estimate of drug-likeness (QED) is 0.699. The molecular weight excluding hydrogens is 222 g/mol. The van der Waals surface area contributed by atoms with E-state index >= 15 is 0 Å². The summed E-state index contributed by atoms with van der Waals surface area (Å²) in [4.78, 5) is 13.9. The number of nitrogens with zero attached hydrogens (tertiary/aromatic N) is 1. The van der Waals surface area contributed by atoms with E-state index in [1.54, 1.807) is 0 Å². The molecule has 4 nitrogen and oxygen atoms in total. The number of thioether (sulfide) groups is 1. The van der Waals surface area contributed by atoms with Crippen LogP contribution in [-0.2, 0) is 4.79 Å². The zero-order valence-electron chi connectivity index (χ0n) is 10.3. The van der Waals surface area contributed by atoms with Gasteiger partial charge >= 0.3 is 0 Å². The maximum atomic E-state index is 11.4. The number of nitrogens with one attached hydrogen (secondary N) is 2. The predicted octanol–water partition coefficient (Wildman–Crippen LogP) is 0.149. The highest BCUT2D eigenvalue weighted by Crippen LogP contribution is 2.07. The number of carbonyl (C=O) groups is 1. The first-order chi connectivity index (χ1) is 7.74. The first kappa shape index (κ1) is 13.8. The van der Waals surface area contributed by atoms with E-state index in [0.717, 1.165) is 13.1 Å². The van der Waals surface area contributed by atoms with E-state index in [2.05, 4.69) is 15.5 Å². The van der Waals surface area contributed by atoms with Crippen molar-refractivity contribution in [3.8, 4) is 0 Å². The largest absolute Gasteiger partial charge is 0.355 e. The molecule has 1 unspecified atom stereocenters. The van der Waals surface area contributed by atoms with Gasteiger partial charge in [-0.25, -0.2) is 0 Å². The Hall–Kier alpha value is -0.260. The smallest absolute Gasteiger partial charge is 0.236 e. The number of hydrogen-bond donors (Lipinski definition) is 2. The van der Waals surface area contributed by atoms with Crippen LogP contribution in [0.5, 0.6) is 0 Å². The third-order valence-electron chi connectivity index (χ3n) is 2.73. The predicted molar refractivity (Wildman–Crippen MR) is 69.9 cm³/mol. The van der Waals surface area contributed by atoms with Crippen LogP contribution < -0.4 is 10.6 Å². The summed E-state index contributed by atoms with van der Waals surface area (Å²) in [7, 11) is 0. The molecule has 1 rings (SSSR count). The Morgan fingerprint density at radius 3 is 2.75 bits per heavy atom. The Balaban J connectivity index is 2.07. The van der Waals surface area contributed by atoms with Crippen molar-refractivity contribution in [3.63, 3.8) is 0 Å². The zero-order chi connectivity index (χ0) is 11.8. The number of carbonyl (C=O) groups excluding carboxylic acids is 1. The molecule has 1 aliphatic heterocycles. The highest BCUT2D eigenvalue weighted by molar-refractivity contribution is 7.99. The number of likely N-dealkylation sites (N-methyl/N-ethyl adjacent to an activating group) is 1. The van der Waals surface area contributed by atoms with Crippen LogP contribution in [0.25, 0.3) is 0 Å². The summed E-state index contributed by atoms with van der Waals surface area (Å²) in [6, 6.07) is -0.0842. The summed E-state index contributed by atoms with van der Waals surface area (Å²) in [5.74, 6) is 2.58. The Morgan fingerprint density at radius 2 is 2.12 bits per heavy atom. The van der Waals surface area contributed by atoms with Crippen LogP contribution in [0.1, 0.15) is 13.8 Å². The SMILES string of the molecule is CCNC(=O)C(C)NCCN1CCSCC1. The van der Waals surface area contributed by atoms with E-state index in [4.69, 9.17) is 0 Å². The lowest BCUT2D eigenvalue weighted by Crippen LogP contribution is -2.45. The fourth-order valence-electron chi connectivity index (χ4n) is 1.68. The topological polar surface area (TPSA) is 44.4 Å². The van der Waals surface area contributed by atoms with Gasteiger partial charge in [-0.1, -0.05) is 0 Å². The summed E-state index contributed by atoms with van der Waals surface area (Å²) < 4.78 is 0. The molecule has 94 valence electrons. The second kappa shape index (κ2) is 7.92. The molecule has 5 heteroatoms. The van der Waals surface area contributed by atoms with Gasteiger partial charge in [-0.3, -0.25) is 4.79 Å². The van der Waals surface area contributed by atoms with E-state index < -0.39 is 0 Å². The molecule has 1 aliphatic rings. The minimum Gasteiger partial charge on any atom is -0.355 e. The van der Waals surface area contributed by atoms with Crippen molar-refractivity contribution in [2.75, 3.05) is 44.2 Å². The minimum absolute atomic E-state index is 0.0842. The summed E-state index contributed by atoms with van der Waals surface area (Å²) in [6.07, 6.45) is 0. The van der Waals surface area contributed by atoms with Crippen LogP contribution >= 0.6 is 11.8 Å². The lowest BCUT2D eigenvalue weighted by atomic mass is 10.3. The van der Waals surface area contributed by atoms with Crippen molar-refractivity contribution >= 4 is 17.7 Å². The average Bonchev–Trinajstić information content (AvgIpc) is 2.30. The lowest BCUT2D eigenvalue weighted by molar-refractivity contribution is -0.122. The molecule has 1 fully saturated rings. The van der Waals surface area contributed by atoms with Crippen LogP contribution in [0.15, 0.2) is 0 Å².